The molecule has 1 aliphatic heterocycles. The fourth-order valence-corrected chi connectivity index (χ4v) is 0.809. The van der Waals surface area contributed by atoms with E-state index in [9.17, 15) is 4.79 Å². The lowest BCUT2D eigenvalue weighted by Crippen LogP contribution is -2.27. The molecule has 1 rings (SSSR count). The minimum absolute atomic E-state index is 0.0292. The van der Waals surface area contributed by atoms with Gasteiger partial charge in [-0.25, -0.2) is 0 Å². The van der Waals surface area contributed by atoms with Gasteiger partial charge in [-0.2, -0.15) is 5.26 Å². The number of rotatable bonds is 0. The SMILES string of the molecule is CN1C(=O)C[CH]C1C#N. The van der Waals surface area contributed by atoms with Crippen LogP contribution >= 0.6 is 0 Å². The first kappa shape index (κ1) is 6.09. The quantitative estimate of drug-likeness (QED) is 0.453. The second-order valence-corrected chi connectivity index (χ2v) is 2.02. The highest BCUT2D eigenvalue weighted by Gasteiger charge is 2.26. The molecule has 0 saturated carbocycles. The zero-order valence-electron chi connectivity index (χ0n) is 5.16. The maximum Gasteiger partial charge on any atom is 0.223 e. The highest BCUT2D eigenvalue weighted by Crippen LogP contribution is 2.13. The zero-order chi connectivity index (χ0) is 6.85. The lowest BCUT2D eigenvalue weighted by Gasteiger charge is -2.10. The molecule has 3 nitrogen and oxygen atoms in total. The number of likely N-dealkylation sites (tertiary alicyclic amines) is 1. The van der Waals surface area contributed by atoms with Crippen LogP contribution in [0.15, 0.2) is 0 Å². The van der Waals surface area contributed by atoms with E-state index in [2.05, 4.69) is 0 Å². The highest BCUT2D eigenvalue weighted by atomic mass is 16.2. The Morgan fingerprint density at radius 2 is 2.67 bits per heavy atom. The third-order valence-corrected chi connectivity index (χ3v) is 1.46. The molecule has 0 aromatic rings. The van der Waals surface area contributed by atoms with Gasteiger partial charge in [0.25, 0.3) is 0 Å². The van der Waals surface area contributed by atoms with Crippen molar-refractivity contribution in [3.05, 3.63) is 6.42 Å². The summed E-state index contributed by atoms with van der Waals surface area (Å²) in [6.07, 6.45) is 2.12. The van der Waals surface area contributed by atoms with Crippen molar-refractivity contribution in [1.82, 2.24) is 4.90 Å². The number of hydrogen-bond donors (Lipinski definition) is 0. The predicted octanol–water partition coefficient (Wildman–Crippen LogP) is -0.0550. The molecule has 1 atom stereocenters. The van der Waals surface area contributed by atoms with Gasteiger partial charge in [0.1, 0.15) is 6.04 Å². The Kier molecular flexibility index (Phi) is 1.39. The average molecular weight is 123 g/mol. The summed E-state index contributed by atoms with van der Waals surface area (Å²) >= 11 is 0. The third-order valence-electron chi connectivity index (χ3n) is 1.46. The lowest BCUT2D eigenvalue weighted by molar-refractivity contribution is -0.127. The molecule has 0 aliphatic carbocycles. The van der Waals surface area contributed by atoms with Gasteiger partial charge in [-0.3, -0.25) is 4.79 Å². The zero-order valence-corrected chi connectivity index (χ0v) is 5.16. The molecule has 9 heavy (non-hydrogen) atoms. The summed E-state index contributed by atoms with van der Waals surface area (Å²) in [5.74, 6) is 0.0292. The Morgan fingerprint density at radius 1 is 2.00 bits per heavy atom. The van der Waals surface area contributed by atoms with Gasteiger partial charge < -0.3 is 4.90 Å². The van der Waals surface area contributed by atoms with E-state index < -0.39 is 0 Å². The molecule has 47 valence electrons. The standard InChI is InChI=1S/C6H7N2O/c1-8-5(4-7)2-3-6(8)9/h2,5H,3H2,1H3. The van der Waals surface area contributed by atoms with Crippen molar-refractivity contribution < 1.29 is 4.79 Å². The molecule has 1 unspecified atom stereocenters. The Balaban J connectivity index is 2.64. The number of nitriles is 1. The maximum absolute atomic E-state index is 10.7. The van der Waals surface area contributed by atoms with Crippen LogP contribution in [-0.2, 0) is 4.79 Å². The molecule has 1 aliphatic rings. The van der Waals surface area contributed by atoms with Crippen LogP contribution in [-0.4, -0.2) is 23.9 Å². The number of hydrogen-bond acceptors (Lipinski definition) is 2. The van der Waals surface area contributed by atoms with Crippen LogP contribution in [0.4, 0.5) is 0 Å². The van der Waals surface area contributed by atoms with Gasteiger partial charge in [0.2, 0.25) is 5.91 Å². The van der Waals surface area contributed by atoms with Crippen molar-refractivity contribution in [3.8, 4) is 6.07 Å². The summed E-state index contributed by atoms with van der Waals surface area (Å²) in [7, 11) is 1.64. The van der Waals surface area contributed by atoms with E-state index in [1.165, 1.54) is 4.90 Å². The van der Waals surface area contributed by atoms with E-state index in [4.69, 9.17) is 5.26 Å². The molecule has 0 spiro atoms. The minimum Gasteiger partial charge on any atom is -0.329 e. The molecule has 1 heterocycles. The topological polar surface area (TPSA) is 44.1 Å². The fraction of sp³-hybridized carbons (Fsp3) is 0.500. The lowest BCUT2D eigenvalue weighted by atomic mass is 10.2. The number of amides is 1. The Hall–Kier alpha value is -1.04. The molecule has 0 bridgehead atoms. The van der Waals surface area contributed by atoms with E-state index in [-0.39, 0.29) is 11.9 Å². The molecule has 3 heteroatoms. The van der Waals surface area contributed by atoms with Crippen molar-refractivity contribution in [1.29, 1.82) is 5.26 Å². The van der Waals surface area contributed by atoms with Gasteiger partial charge in [0.15, 0.2) is 0 Å². The summed E-state index contributed by atoms with van der Waals surface area (Å²) in [6.45, 7) is 0. The Morgan fingerprint density at radius 3 is 2.89 bits per heavy atom. The van der Waals surface area contributed by atoms with Crippen LogP contribution in [0.5, 0.6) is 0 Å². The van der Waals surface area contributed by atoms with Crippen molar-refractivity contribution in [2.45, 2.75) is 12.5 Å². The number of carbonyl (C=O) groups is 1. The second kappa shape index (κ2) is 2.06. The molecule has 1 fully saturated rings. The van der Waals surface area contributed by atoms with Crippen molar-refractivity contribution >= 4 is 5.91 Å². The number of carbonyl (C=O) groups excluding carboxylic acids is 1. The van der Waals surface area contributed by atoms with Gasteiger partial charge >= 0.3 is 0 Å². The normalized spacial score (nSPS) is 26.4. The molecule has 0 N–H and O–H groups in total. The second-order valence-electron chi connectivity index (χ2n) is 2.02. The van der Waals surface area contributed by atoms with Crippen molar-refractivity contribution in [2.75, 3.05) is 7.05 Å². The molecule has 0 aromatic carbocycles. The summed E-state index contributed by atoms with van der Waals surface area (Å²) in [5, 5.41) is 8.38. The predicted molar refractivity (Wildman–Crippen MR) is 31.1 cm³/mol. The van der Waals surface area contributed by atoms with Gasteiger partial charge in [0, 0.05) is 19.9 Å². The first-order chi connectivity index (χ1) is 4.25. The molecule has 1 saturated heterocycles. The smallest absolute Gasteiger partial charge is 0.223 e. The minimum atomic E-state index is -0.294. The van der Waals surface area contributed by atoms with Crippen LogP contribution in [0.25, 0.3) is 0 Å². The van der Waals surface area contributed by atoms with Crippen LogP contribution < -0.4 is 0 Å². The van der Waals surface area contributed by atoms with Gasteiger partial charge in [-0.15, -0.1) is 0 Å². The van der Waals surface area contributed by atoms with Crippen LogP contribution in [0, 0.1) is 17.8 Å². The van der Waals surface area contributed by atoms with Crippen molar-refractivity contribution in [3.63, 3.8) is 0 Å². The van der Waals surface area contributed by atoms with Gasteiger partial charge in [-0.1, -0.05) is 0 Å². The van der Waals surface area contributed by atoms with E-state index in [1.54, 1.807) is 13.5 Å². The van der Waals surface area contributed by atoms with E-state index in [1.807, 2.05) is 6.07 Å². The monoisotopic (exact) mass is 123 g/mol. The van der Waals surface area contributed by atoms with E-state index in [0.29, 0.717) is 6.42 Å². The molecule has 0 aromatic heterocycles. The molecule has 1 amide bonds. The van der Waals surface area contributed by atoms with Gasteiger partial charge in [-0.05, 0) is 0 Å². The summed E-state index contributed by atoms with van der Waals surface area (Å²) in [6, 6.07) is 1.70. The third kappa shape index (κ3) is 0.879. The Labute approximate surface area is 53.9 Å². The molecule has 1 radical (unpaired) electrons. The maximum atomic E-state index is 10.7. The molecular formula is C6H7N2O. The fourth-order valence-electron chi connectivity index (χ4n) is 0.809. The summed E-state index contributed by atoms with van der Waals surface area (Å²) in [5.41, 5.74) is 0. The van der Waals surface area contributed by atoms with E-state index >= 15 is 0 Å². The molecular weight excluding hydrogens is 116 g/mol. The highest BCUT2D eigenvalue weighted by molar-refractivity contribution is 5.81. The number of nitrogens with zero attached hydrogens (tertiary/aromatic N) is 2. The Bertz CT molecular complexity index is 170. The van der Waals surface area contributed by atoms with Gasteiger partial charge in [0.05, 0.1) is 6.07 Å². The largest absolute Gasteiger partial charge is 0.329 e. The summed E-state index contributed by atoms with van der Waals surface area (Å²) in [4.78, 5) is 12.1. The van der Waals surface area contributed by atoms with Crippen LogP contribution in [0.3, 0.4) is 0 Å². The first-order valence-electron chi connectivity index (χ1n) is 2.74. The first-order valence-corrected chi connectivity index (χ1v) is 2.74. The van der Waals surface area contributed by atoms with E-state index in [0.717, 1.165) is 0 Å². The van der Waals surface area contributed by atoms with Crippen molar-refractivity contribution in [2.24, 2.45) is 0 Å². The average Bonchev–Trinajstić information content (AvgIpc) is 2.15. The van der Waals surface area contributed by atoms with Crippen LogP contribution in [0.1, 0.15) is 6.42 Å². The van der Waals surface area contributed by atoms with Crippen LogP contribution in [0.2, 0.25) is 0 Å². The summed E-state index contributed by atoms with van der Waals surface area (Å²) < 4.78 is 0.